The topological polar surface area (TPSA) is 149 Å². The van der Waals surface area contributed by atoms with Crippen molar-refractivity contribution in [2.24, 2.45) is 0 Å². The summed E-state index contributed by atoms with van der Waals surface area (Å²) in [5.41, 5.74) is 0. The number of aliphatic hydroxyl groups excluding tert-OH is 5. The second-order valence-corrected chi connectivity index (χ2v) is 14.4. The van der Waals surface area contributed by atoms with Gasteiger partial charge in [-0.25, -0.2) is 0 Å². The van der Waals surface area contributed by atoms with Gasteiger partial charge in [0.2, 0.25) is 5.91 Å². The summed E-state index contributed by atoms with van der Waals surface area (Å²) in [5, 5.41) is 54.0. The van der Waals surface area contributed by atoms with Gasteiger partial charge in [0.15, 0.2) is 6.29 Å². The van der Waals surface area contributed by atoms with E-state index in [0.717, 1.165) is 51.4 Å². The molecule has 49 heavy (non-hydrogen) atoms. The van der Waals surface area contributed by atoms with Crippen molar-refractivity contribution in [3.05, 3.63) is 12.2 Å². The Morgan fingerprint density at radius 3 is 1.65 bits per heavy atom. The standard InChI is InChI=1S/C40H77NO8/c1-3-5-7-9-11-13-15-16-17-18-19-20-22-24-26-28-30-36(44)41-33(32-48-40-39(47)38(46)37(45)35(31-42)49-40)34(43)29-27-25-23-21-14-12-10-8-6-4-2/h17-18,33-35,37-40,42-43,45-47H,3-16,19-32H2,1-2H3,(H,41,44)/b18-17-. The predicted molar refractivity (Wildman–Crippen MR) is 198 cm³/mol. The highest BCUT2D eigenvalue weighted by atomic mass is 16.7. The third-order valence-corrected chi connectivity index (χ3v) is 9.87. The zero-order valence-corrected chi connectivity index (χ0v) is 31.5. The molecule has 0 aromatic rings. The SMILES string of the molecule is CCCCCCCCC/C=C\CCCCCCCC(=O)NC(COC1OC(CO)C(O)C(O)C1O)C(O)CCCCCCCCCCCC. The molecular weight excluding hydrogens is 622 g/mol. The van der Waals surface area contributed by atoms with E-state index in [1.165, 1.54) is 103 Å². The molecule has 1 rings (SSSR count). The lowest BCUT2D eigenvalue weighted by molar-refractivity contribution is -0.302. The summed E-state index contributed by atoms with van der Waals surface area (Å²) in [6.45, 7) is 3.79. The van der Waals surface area contributed by atoms with Gasteiger partial charge in [-0.15, -0.1) is 0 Å². The van der Waals surface area contributed by atoms with Gasteiger partial charge >= 0.3 is 0 Å². The van der Waals surface area contributed by atoms with Crippen LogP contribution in [0.2, 0.25) is 0 Å². The van der Waals surface area contributed by atoms with Crippen molar-refractivity contribution in [3.63, 3.8) is 0 Å². The van der Waals surface area contributed by atoms with Gasteiger partial charge in [-0.05, 0) is 38.5 Å². The Kier molecular flexibility index (Phi) is 29.7. The average Bonchev–Trinajstić information content (AvgIpc) is 3.10. The maximum atomic E-state index is 12.9. The van der Waals surface area contributed by atoms with Crippen LogP contribution in [0.4, 0.5) is 0 Å². The van der Waals surface area contributed by atoms with Gasteiger partial charge in [0.25, 0.3) is 0 Å². The highest BCUT2D eigenvalue weighted by Gasteiger charge is 2.44. The quantitative estimate of drug-likeness (QED) is 0.0307. The summed E-state index contributed by atoms with van der Waals surface area (Å²) >= 11 is 0. The Morgan fingerprint density at radius 2 is 1.14 bits per heavy atom. The lowest BCUT2D eigenvalue weighted by Gasteiger charge is -2.40. The van der Waals surface area contributed by atoms with Gasteiger partial charge in [0, 0.05) is 6.42 Å². The fraction of sp³-hybridized carbons (Fsp3) is 0.925. The molecule has 0 bridgehead atoms. The molecule has 1 aliphatic heterocycles. The molecule has 9 heteroatoms. The minimum atomic E-state index is -1.55. The number of carbonyl (C=O) groups is 1. The molecule has 1 heterocycles. The molecule has 0 radical (unpaired) electrons. The molecule has 1 aliphatic rings. The summed E-state index contributed by atoms with van der Waals surface area (Å²) in [7, 11) is 0. The summed E-state index contributed by atoms with van der Waals surface area (Å²) < 4.78 is 11.2. The van der Waals surface area contributed by atoms with E-state index >= 15 is 0 Å². The van der Waals surface area contributed by atoms with E-state index in [-0.39, 0.29) is 12.5 Å². The normalized spacial score (nSPS) is 22.5. The maximum Gasteiger partial charge on any atom is 0.220 e. The molecule has 0 spiro atoms. The molecule has 1 amide bonds. The average molecular weight is 700 g/mol. The Morgan fingerprint density at radius 1 is 0.673 bits per heavy atom. The monoisotopic (exact) mass is 700 g/mol. The zero-order chi connectivity index (χ0) is 36.0. The van der Waals surface area contributed by atoms with E-state index in [1.807, 2.05) is 0 Å². The summed E-state index contributed by atoms with van der Waals surface area (Å²) in [5.74, 6) is -0.155. The van der Waals surface area contributed by atoms with Crippen molar-refractivity contribution in [2.75, 3.05) is 13.2 Å². The first-order valence-electron chi connectivity index (χ1n) is 20.4. The highest BCUT2D eigenvalue weighted by Crippen LogP contribution is 2.23. The van der Waals surface area contributed by atoms with Crippen molar-refractivity contribution in [1.82, 2.24) is 5.32 Å². The minimum absolute atomic E-state index is 0.139. The third kappa shape index (κ3) is 23.2. The number of nitrogens with one attached hydrogen (secondary N) is 1. The molecule has 7 unspecified atom stereocenters. The first kappa shape index (κ1) is 46.0. The number of hydrogen-bond acceptors (Lipinski definition) is 8. The highest BCUT2D eigenvalue weighted by molar-refractivity contribution is 5.76. The maximum absolute atomic E-state index is 12.9. The van der Waals surface area contributed by atoms with Crippen LogP contribution in [0, 0.1) is 0 Å². The number of unbranched alkanes of at least 4 members (excludes halogenated alkanes) is 21. The van der Waals surface area contributed by atoms with Crippen LogP contribution < -0.4 is 5.32 Å². The van der Waals surface area contributed by atoms with E-state index in [1.54, 1.807) is 0 Å². The van der Waals surface area contributed by atoms with Crippen LogP contribution in [0.5, 0.6) is 0 Å². The molecule has 0 aliphatic carbocycles. The lowest BCUT2D eigenvalue weighted by atomic mass is 9.99. The predicted octanol–water partition coefficient (Wildman–Crippen LogP) is 7.39. The van der Waals surface area contributed by atoms with Gasteiger partial charge in [0.05, 0.1) is 25.4 Å². The molecule has 1 saturated heterocycles. The first-order chi connectivity index (χ1) is 23.8. The molecule has 0 aromatic carbocycles. The van der Waals surface area contributed by atoms with Crippen molar-refractivity contribution >= 4 is 5.91 Å². The number of amides is 1. The van der Waals surface area contributed by atoms with E-state index < -0.39 is 49.5 Å². The van der Waals surface area contributed by atoms with Crippen LogP contribution in [0.3, 0.4) is 0 Å². The Bertz CT molecular complexity index is 781. The Labute approximate surface area is 299 Å². The molecule has 6 N–H and O–H groups in total. The van der Waals surface area contributed by atoms with Gasteiger partial charge < -0.3 is 40.3 Å². The smallest absolute Gasteiger partial charge is 0.220 e. The zero-order valence-electron chi connectivity index (χ0n) is 31.5. The van der Waals surface area contributed by atoms with Crippen molar-refractivity contribution < 1.29 is 39.8 Å². The van der Waals surface area contributed by atoms with E-state index in [4.69, 9.17) is 9.47 Å². The van der Waals surface area contributed by atoms with Gasteiger partial charge in [-0.3, -0.25) is 4.79 Å². The number of hydrogen-bond donors (Lipinski definition) is 6. The second kappa shape index (κ2) is 31.6. The number of carbonyl (C=O) groups excluding carboxylic acids is 1. The van der Waals surface area contributed by atoms with E-state index in [2.05, 4.69) is 31.3 Å². The summed E-state index contributed by atoms with van der Waals surface area (Å²) in [6.07, 6.45) is 26.5. The van der Waals surface area contributed by atoms with E-state index in [0.29, 0.717) is 12.8 Å². The molecular formula is C40H77NO8. The summed E-state index contributed by atoms with van der Waals surface area (Å²) in [4.78, 5) is 12.9. The van der Waals surface area contributed by atoms with Crippen LogP contribution >= 0.6 is 0 Å². The van der Waals surface area contributed by atoms with Crippen molar-refractivity contribution in [3.8, 4) is 0 Å². The summed E-state index contributed by atoms with van der Waals surface area (Å²) in [6, 6.07) is -0.716. The van der Waals surface area contributed by atoms with Crippen LogP contribution in [-0.4, -0.2) is 87.5 Å². The van der Waals surface area contributed by atoms with Crippen LogP contribution in [-0.2, 0) is 14.3 Å². The van der Waals surface area contributed by atoms with Crippen LogP contribution in [0.1, 0.15) is 181 Å². The van der Waals surface area contributed by atoms with Gasteiger partial charge in [-0.1, -0.05) is 148 Å². The number of rotatable bonds is 33. The molecule has 7 atom stereocenters. The van der Waals surface area contributed by atoms with Crippen LogP contribution in [0.15, 0.2) is 12.2 Å². The van der Waals surface area contributed by atoms with E-state index in [9.17, 15) is 30.3 Å². The van der Waals surface area contributed by atoms with Gasteiger partial charge in [-0.2, -0.15) is 0 Å². The molecule has 290 valence electrons. The fourth-order valence-corrected chi connectivity index (χ4v) is 6.51. The number of aliphatic hydroxyl groups is 5. The number of ether oxygens (including phenoxy) is 2. The van der Waals surface area contributed by atoms with Crippen molar-refractivity contribution in [2.45, 2.75) is 224 Å². The minimum Gasteiger partial charge on any atom is -0.394 e. The fourth-order valence-electron chi connectivity index (χ4n) is 6.51. The van der Waals surface area contributed by atoms with Crippen molar-refractivity contribution in [1.29, 1.82) is 0 Å². The Hall–Kier alpha value is -1.07. The molecule has 1 fully saturated rings. The van der Waals surface area contributed by atoms with Crippen LogP contribution in [0.25, 0.3) is 0 Å². The number of allylic oxidation sites excluding steroid dienone is 2. The molecule has 0 saturated carbocycles. The lowest BCUT2D eigenvalue weighted by Crippen LogP contribution is -2.60. The molecule has 9 nitrogen and oxygen atoms in total. The molecule has 0 aromatic heterocycles. The Balaban J connectivity index is 2.38. The van der Waals surface area contributed by atoms with Gasteiger partial charge in [0.1, 0.15) is 24.4 Å². The first-order valence-corrected chi connectivity index (χ1v) is 20.4. The third-order valence-electron chi connectivity index (χ3n) is 9.87. The second-order valence-electron chi connectivity index (χ2n) is 14.4. The largest absolute Gasteiger partial charge is 0.394 e.